The SMILES string of the molecule is CCCCCOc1ccc2cc(OCC(Cl)CC)ccc2c1. The van der Waals surface area contributed by atoms with Crippen molar-refractivity contribution < 1.29 is 9.47 Å². The maximum atomic E-state index is 6.08. The molecular formula is C19H25ClO2. The van der Waals surface area contributed by atoms with Crippen molar-refractivity contribution in [1.82, 2.24) is 0 Å². The molecule has 1 atom stereocenters. The predicted molar refractivity (Wildman–Crippen MR) is 94.4 cm³/mol. The third-order valence-electron chi connectivity index (χ3n) is 3.67. The van der Waals surface area contributed by atoms with Gasteiger partial charge in [-0.15, -0.1) is 11.6 Å². The molecule has 0 heterocycles. The summed E-state index contributed by atoms with van der Waals surface area (Å²) in [5, 5.41) is 2.38. The number of halogens is 1. The molecule has 22 heavy (non-hydrogen) atoms. The first-order valence-corrected chi connectivity index (χ1v) is 8.60. The Labute approximate surface area is 138 Å². The van der Waals surface area contributed by atoms with E-state index >= 15 is 0 Å². The first kappa shape index (κ1) is 17.0. The van der Waals surface area contributed by atoms with Crippen molar-refractivity contribution in [3.05, 3.63) is 36.4 Å². The van der Waals surface area contributed by atoms with Crippen LogP contribution < -0.4 is 9.47 Å². The average molecular weight is 321 g/mol. The lowest BCUT2D eigenvalue weighted by atomic mass is 10.1. The van der Waals surface area contributed by atoms with Gasteiger partial charge in [0.15, 0.2) is 0 Å². The Morgan fingerprint density at radius 3 is 2.14 bits per heavy atom. The van der Waals surface area contributed by atoms with Crippen molar-refractivity contribution in [1.29, 1.82) is 0 Å². The molecule has 3 heteroatoms. The molecule has 0 N–H and O–H groups in total. The molecule has 0 spiro atoms. The molecule has 0 bridgehead atoms. The highest BCUT2D eigenvalue weighted by Crippen LogP contribution is 2.25. The maximum Gasteiger partial charge on any atom is 0.120 e. The molecule has 2 nitrogen and oxygen atoms in total. The van der Waals surface area contributed by atoms with Gasteiger partial charge in [-0.1, -0.05) is 38.8 Å². The van der Waals surface area contributed by atoms with Crippen molar-refractivity contribution in [2.24, 2.45) is 0 Å². The highest BCUT2D eigenvalue weighted by atomic mass is 35.5. The van der Waals surface area contributed by atoms with E-state index in [0.717, 1.165) is 36.3 Å². The van der Waals surface area contributed by atoms with E-state index in [0.29, 0.717) is 6.61 Å². The van der Waals surface area contributed by atoms with E-state index in [9.17, 15) is 0 Å². The summed E-state index contributed by atoms with van der Waals surface area (Å²) < 4.78 is 11.5. The van der Waals surface area contributed by atoms with Crippen molar-refractivity contribution in [3.8, 4) is 11.5 Å². The monoisotopic (exact) mass is 320 g/mol. The van der Waals surface area contributed by atoms with Crippen LogP contribution in [0.1, 0.15) is 39.5 Å². The van der Waals surface area contributed by atoms with E-state index < -0.39 is 0 Å². The summed E-state index contributed by atoms with van der Waals surface area (Å²) in [6.45, 7) is 5.59. The van der Waals surface area contributed by atoms with E-state index in [1.54, 1.807) is 0 Å². The van der Waals surface area contributed by atoms with Crippen molar-refractivity contribution in [2.75, 3.05) is 13.2 Å². The highest BCUT2D eigenvalue weighted by molar-refractivity contribution is 6.20. The molecule has 1 unspecified atom stereocenters. The molecule has 0 aliphatic rings. The van der Waals surface area contributed by atoms with Crippen LogP contribution in [0.25, 0.3) is 10.8 Å². The minimum Gasteiger partial charge on any atom is -0.494 e. The third kappa shape index (κ3) is 5.10. The van der Waals surface area contributed by atoms with Crippen LogP contribution in [0.15, 0.2) is 36.4 Å². The summed E-state index contributed by atoms with van der Waals surface area (Å²) in [7, 11) is 0. The fraction of sp³-hybridized carbons (Fsp3) is 0.474. The van der Waals surface area contributed by atoms with Crippen LogP contribution in [-0.4, -0.2) is 18.6 Å². The number of hydrogen-bond donors (Lipinski definition) is 0. The van der Waals surface area contributed by atoms with E-state index in [-0.39, 0.29) is 5.38 Å². The van der Waals surface area contributed by atoms with Crippen LogP contribution in [0.5, 0.6) is 11.5 Å². The van der Waals surface area contributed by atoms with Crippen LogP contribution in [0.4, 0.5) is 0 Å². The number of hydrogen-bond acceptors (Lipinski definition) is 2. The van der Waals surface area contributed by atoms with E-state index in [2.05, 4.69) is 38.1 Å². The fourth-order valence-electron chi connectivity index (χ4n) is 2.23. The highest BCUT2D eigenvalue weighted by Gasteiger charge is 2.04. The topological polar surface area (TPSA) is 18.5 Å². The summed E-state index contributed by atoms with van der Waals surface area (Å²) in [4.78, 5) is 0. The van der Waals surface area contributed by atoms with E-state index in [1.807, 2.05) is 12.1 Å². The summed E-state index contributed by atoms with van der Waals surface area (Å²) in [5.74, 6) is 1.80. The molecule has 2 aromatic rings. The average Bonchev–Trinajstić information content (AvgIpc) is 2.56. The van der Waals surface area contributed by atoms with Gasteiger partial charge in [0, 0.05) is 0 Å². The molecule has 0 fully saturated rings. The molecule has 0 saturated carbocycles. The van der Waals surface area contributed by atoms with Gasteiger partial charge in [0.25, 0.3) is 0 Å². The Hall–Kier alpha value is -1.41. The largest absolute Gasteiger partial charge is 0.494 e. The number of ether oxygens (including phenoxy) is 2. The zero-order valence-corrected chi connectivity index (χ0v) is 14.2. The lowest BCUT2D eigenvalue weighted by Crippen LogP contribution is -2.10. The number of rotatable bonds is 9. The third-order valence-corrected chi connectivity index (χ3v) is 4.11. The lowest BCUT2D eigenvalue weighted by molar-refractivity contribution is 0.306. The second-order valence-corrected chi connectivity index (χ2v) is 6.16. The maximum absolute atomic E-state index is 6.08. The Morgan fingerprint density at radius 1 is 0.909 bits per heavy atom. The van der Waals surface area contributed by atoms with Gasteiger partial charge in [0.05, 0.1) is 12.0 Å². The smallest absolute Gasteiger partial charge is 0.120 e. The van der Waals surface area contributed by atoms with Gasteiger partial charge >= 0.3 is 0 Å². The van der Waals surface area contributed by atoms with Crippen LogP contribution >= 0.6 is 11.6 Å². The van der Waals surface area contributed by atoms with Crippen LogP contribution in [0.3, 0.4) is 0 Å². The summed E-state index contributed by atoms with van der Waals surface area (Å²) in [6.07, 6.45) is 4.45. The first-order valence-electron chi connectivity index (χ1n) is 8.16. The quantitative estimate of drug-likeness (QED) is 0.429. The Morgan fingerprint density at radius 2 is 1.55 bits per heavy atom. The molecular weight excluding hydrogens is 296 g/mol. The summed E-state index contributed by atoms with van der Waals surface area (Å²) in [5.41, 5.74) is 0. The van der Waals surface area contributed by atoms with E-state index in [4.69, 9.17) is 21.1 Å². The summed E-state index contributed by atoms with van der Waals surface area (Å²) in [6, 6.07) is 12.3. The van der Waals surface area contributed by atoms with Crippen LogP contribution in [-0.2, 0) is 0 Å². The number of fused-ring (bicyclic) bond motifs is 1. The van der Waals surface area contributed by atoms with E-state index in [1.165, 1.54) is 18.2 Å². The minimum absolute atomic E-state index is 0.0644. The van der Waals surface area contributed by atoms with Crippen LogP contribution in [0.2, 0.25) is 0 Å². The molecule has 0 radical (unpaired) electrons. The van der Waals surface area contributed by atoms with Gasteiger partial charge in [-0.3, -0.25) is 0 Å². The minimum atomic E-state index is 0.0644. The molecule has 0 aliphatic heterocycles. The molecule has 2 rings (SSSR count). The molecule has 0 aromatic heterocycles. The second-order valence-electron chi connectivity index (χ2n) is 5.54. The van der Waals surface area contributed by atoms with Gasteiger partial charge in [-0.05, 0) is 47.9 Å². The van der Waals surface area contributed by atoms with Gasteiger partial charge < -0.3 is 9.47 Å². The van der Waals surface area contributed by atoms with Gasteiger partial charge in [-0.25, -0.2) is 0 Å². The Balaban J connectivity index is 1.99. The molecule has 0 aliphatic carbocycles. The predicted octanol–water partition coefficient (Wildman–Crippen LogP) is 5.81. The van der Waals surface area contributed by atoms with Crippen molar-refractivity contribution >= 4 is 22.4 Å². The number of benzene rings is 2. The molecule has 0 saturated heterocycles. The van der Waals surface area contributed by atoms with Crippen molar-refractivity contribution in [2.45, 2.75) is 44.9 Å². The zero-order valence-electron chi connectivity index (χ0n) is 13.5. The van der Waals surface area contributed by atoms with Gasteiger partial charge in [-0.2, -0.15) is 0 Å². The standard InChI is InChI=1S/C19H25ClO2/c1-3-5-6-11-21-18-9-7-16-13-19(10-8-15(16)12-18)22-14-17(20)4-2/h7-10,12-13,17H,3-6,11,14H2,1-2H3. The molecule has 0 amide bonds. The fourth-order valence-corrected chi connectivity index (χ4v) is 2.29. The number of alkyl halides is 1. The Bertz CT molecular complexity index is 583. The number of unbranched alkanes of at least 4 members (excludes halogenated alkanes) is 2. The van der Waals surface area contributed by atoms with Crippen molar-refractivity contribution in [3.63, 3.8) is 0 Å². The molecule has 2 aromatic carbocycles. The zero-order chi connectivity index (χ0) is 15.8. The van der Waals surface area contributed by atoms with Gasteiger partial charge in [0.1, 0.15) is 18.1 Å². The van der Waals surface area contributed by atoms with Gasteiger partial charge in [0.2, 0.25) is 0 Å². The first-order chi connectivity index (χ1) is 10.7. The summed E-state index contributed by atoms with van der Waals surface area (Å²) >= 11 is 6.08. The molecule has 120 valence electrons. The van der Waals surface area contributed by atoms with Crippen LogP contribution in [0, 0.1) is 0 Å². The lowest BCUT2D eigenvalue weighted by Gasteiger charge is -2.11. The second kappa shape index (κ2) is 8.89. The normalized spacial score (nSPS) is 12.3. The Kier molecular flexibility index (Phi) is 6.85.